The van der Waals surface area contributed by atoms with E-state index in [0.29, 0.717) is 23.6 Å². The van der Waals surface area contributed by atoms with Crippen molar-refractivity contribution < 1.29 is 19.1 Å². The van der Waals surface area contributed by atoms with Crippen molar-refractivity contribution in [2.45, 2.75) is 19.8 Å². The molecule has 0 aromatic heterocycles. The highest BCUT2D eigenvalue weighted by atomic mass is 19.1. The molecular weight excluding hydrogens is 273 g/mol. The average molecular weight is 291 g/mol. The summed E-state index contributed by atoms with van der Waals surface area (Å²) in [5.41, 5.74) is 0.653. The zero-order valence-electron chi connectivity index (χ0n) is 11.9. The molecule has 4 nitrogen and oxygen atoms in total. The number of hydrogen-bond donors (Lipinski definition) is 1. The molecule has 2 aliphatic rings. The van der Waals surface area contributed by atoms with E-state index in [4.69, 9.17) is 0 Å². The van der Waals surface area contributed by atoms with Crippen molar-refractivity contribution in [3.8, 4) is 0 Å². The number of carboxylic acids is 1. The fourth-order valence-corrected chi connectivity index (χ4v) is 3.27. The molecule has 1 saturated heterocycles. The van der Waals surface area contributed by atoms with Gasteiger partial charge in [0.05, 0.1) is 5.92 Å². The number of likely N-dealkylation sites (tertiary alicyclic amines) is 1. The number of hydrogen-bond acceptors (Lipinski definition) is 2. The zero-order valence-corrected chi connectivity index (χ0v) is 11.9. The Bertz CT molecular complexity index is 597. The Kier molecular flexibility index (Phi) is 3.43. The van der Waals surface area contributed by atoms with E-state index in [1.54, 1.807) is 17.9 Å². The summed E-state index contributed by atoms with van der Waals surface area (Å²) in [5, 5.41) is 9.33. The van der Waals surface area contributed by atoms with Crippen LogP contribution in [0.1, 0.15) is 28.8 Å². The minimum absolute atomic E-state index is 0.0420. The van der Waals surface area contributed by atoms with Crippen LogP contribution in [0.15, 0.2) is 18.2 Å². The molecule has 0 bridgehead atoms. The fraction of sp³-hybridized carbons (Fsp3) is 0.500. The van der Waals surface area contributed by atoms with Crippen LogP contribution in [-0.2, 0) is 4.79 Å². The van der Waals surface area contributed by atoms with E-state index in [2.05, 4.69) is 0 Å². The van der Waals surface area contributed by atoms with E-state index in [0.717, 1.165) is 12.8 Å². The zero-order chi connectivity index (χ0) is 15.1. The summed E-state index contributed by atoms with van der Waals surface area (Å²) < 4.78 is 13.6. The van der Waals surface area contributed by atoms with Crippen LogP contribution in [0.25, 0.3) is 0 Å². The Balaban J connectivity index is 1.82. The van der Waals surface area contributed by atoms with Gasteiger partial charge in [0.1, 0.15) is 5.82 Å². The van der Waals surface area contributed by atoms with Crippen LogP contribution in [0, 0.1) is 30.5 Å². The summed E-state index contributed by atoms with van der Waals surface area (Å²) in [6.07, 6.45) is 2.10. The van der Waals surface area contributed by atoms with E-state index in [1.165, 1.54) is 12.1 Å². The minimum atomic E-state index is -0.835. The normalized spacial score (nSPS) is 25.1. The minimum Gasteiger partial charge on any atom is -0.481 e. The van der Waals surface area contributed by atoms with Gasteiger partial charge in [-0.05, 0) is 49.3 Å². The second-order valence-electron chi connectivity index (χ2n) is 6.07. The Morgan fingerprint density at radius 3 is 2.62 bits per heavy atom. The molecule has 21 heavy (non-hydrogen) atoms. The molecule has 1 N–H and O–H groups in total. The molecule has 1 heterocycles. The second kappa shape index (κ2) is 5.13. The highest BCUT2D eigenvalue weighted by Gasteiger charge is 2.47. The van der Waals surface area contributed by atoms with Gasteiger partial charge in [0, 0.05) is 18.7 Å². The van der Waals surface area contributed by atoms with E-state index in [-0.39, 0.29) is 18.4 Å². The number of rotatable bonds is 3. The molecule has 1 saturated carbocycles. The number of aliphatic carboxylic acids is 1. The Morgan fingerprint density at radius 1 is 1.29 bits per heavy atom. The Labute approximate surface area is 122 Å². The Hall–Kier alpha value is -1.91. The fourth-order valence-electron chi connectivity index (χ4n) is 3.27. The van der Waals surface area contributed by atoms with E-state index in [9.17, 15) is 19.1 Å². The van der Waals surface area contributed by atoms with Gasteiger partial charge in [-0.3, -0.25) is 9.59 Å². The van der Waals surface area contributed by atoms with Gasteiger partial charge in [0.2, 0.25) is 0 Å². The lowest BCUT2D eigenvalue weighted by Crippen LogP contribution is -2.30. The molecule has 1 aliphatic heterocycles. The van der Waals surface area contributed by atoms with Crippen molar-refractivity contribution in [1.29, 1.82) is 0 Å². The summed E-state index contributed by atoms with van der Waals surface area (Å²) >= 11 is 0. The molecule has 0 radical (unpaired) electrons. The lowest BCUT2D eigenvalue weighted by molar-refractivity contribution is -0.142. The van der Waals surface area contributed by atoms with Gasteiger partial charge in [0.15, 0.2) is 0 Å². The summed E-state index contributed by atoms with van der Waals surface area (Å²) in [6.45, 7) is 2.27. The molecule has 2 fully saturated rings. The van der Waals surface area contributed by atoms with Crippen LogP contribution in [0.3, 0.4) is 0 Å². The van der Waals surface area contributed by atoms with E-state index < -0.39 is 17.7 Å². The molecule has 0 unspecified atom stereocenters. The Morgan fingerprint density at radius 2 is 2.00 bits per heavy atom. The first kappa shape index (κ1) is 14.0. The molecule has 1 amide bonds. The second-order valence-corrected chi connectivity index (χ2v) is 6.07. The summed E-state index contributed by atoms with van der Waals surface area (Å²) in [6, 6.07) is 4.43. The van der Waals surface area contributed by atoms with Crippen LogP contribution in [0.4, 0.5) is 4.39 Å². The van der Waals surface area contributed by atoms with Gasteiger partial charge in [-0.25, -0.2) is 4.39 Å². The molecule has 2 atom stereocenters. The van der Waals surface area contributed by atoms with Gasteiger partial charge in [-0.1, -0.05) is 6.07 Å². The number of carbonyl (C=O) groups is 2. The smallest absolute Gasteiger partial charge is 0.308 e. The molecule has 3 rings (SSSR count). The first-order valence-corrected chi connectivity index (χ1v) is 7.26. The molecule has 1 aromatic carbocycles. The van der Waals surface area contributed by atoms with Crippen molar-refractivity contribution in [3.63, 3.8) is 0 Å². The van der Waals surface area contributed by atoms with Gasteiger partial charge in [-0.15, -0.1) is 0 Å². The molecule has 1 aliphatic carbocycles. The maximum absolute atomic E-state index is 13.6. The lowest BCUT2D eigenvalue weighted by Gasteiger charge is -2.17. The van der Waals surface area contributed by atoms with Gasteiger partial charge in [-0.2, -0.15) is 0 Å². The topological polar surface area (TPSA) is 57.6 Å². The van der Waals surface area contributed by atoms with Crippen LogP contribution in [-0.4, -0.2) is 35.0 Å². The number of carbonyl (C=O) groups excluding carboxylic acids is 1. The van der Waals surface area contributed by atoms with Gasteiger partial charge >= 0.3 is 5.97 Å². The van der Waals surface area contributed by atoms with E-state index >= 15 is 0 Å². The van der Waals surface area contributed by atoms with Crippen molar-refractivity contribution in [2.75, 3.05) is 13.1 Å². The van der Waals surface area contributed by atoms with Crippen molar-refractivity contribution in [3.05, 3.63) is 35.1 Å². The first-order chi connectivity index (χ1) is 9.99. The molecule has 0 spiro atoms. The summed E-state index contributed by atoms with van der Waals surface area (Å²) in [4.78, 5) is 25.5. The van der Waals surface area contributed by atoms with Crippen LogP contribution >= 0.6 is 0 Å². The number of benzene rings is 1. The van der Waals surface area contributed by atoms with Crippen molar-refractivity contribution in [1.82, 2.24) is 4.90 Å². The molecule has 112 valence electrons. The maximum atomic E-state index is 13.6. The number of amides is 1. The van der Waals surface area contributed by atoms with Crippen LogP contribution in [0.2, 0.25) is 0 Å². The van der Waals surface area contributed by atoms with Gasteiger partial charge in [0.25, 0.3) is 5.91 Å². The predicted molar refractivity (Wildman–Crippen MR) is 74.4 cm³/mol. The first-order valence-electron chi connectivity index (χ1n) is 7.26. The van der Waals surface area contributed by atoms with Crippen LogP contribution < -0.4 is 0 Å². The third kappa shape index (κ3) is 2.52. The molecule has 5 heteroatoms. The highest BCUT2D eigenvalue weighted by molar-refractivity contribution is 5.96. The summed E-state index contributed by atoms with van der Waals surface area (Å²) in [7, 11) is 0. The van der Waals surface area contributed by atoms with Crippen LogP contribution in [0.5, 0.6) is 0 Å². The number of carboxylic acid groups (broad SMARTS) is 1. The largest absolute Gasteiger partial charge is 0.481 e. The van der Waals surface area contributed by atoms with E-state index in [1.807, 2.05) is 0 Å². The monoisotopic (exact) mass is 291 g/mol. The highest BCUT2D eigenvalue weighted by Crippen LogP contribution is 2.44. The quantitative estimate of drug-likeness (QED) is 0.929. The lowest BCUT2D eigenvalue weighted by atomic mass is 9.92. The predicted octanol–water partition coefficient (Wildman–Crippen LogP) is 2.32. The molecule has 1 aromatic rings. The third-order valence-electron chi connectivity index (χ3n) is 4.70. The number of halogens is 1. The van der Waals surface area contributed by atoms with Crippen molar-refractivity contribution >= 4 is 11.9 Å². The van der Waals surface area contributed by atoms with Gasteiger partial charge < -0.3 is 10.0 Å². The summed E-state index contributed by atoms with van der Waals surface area (Å²) in [5.74, 6) is -1.53. The average Bonchev–Trinajstić information content (AvgIpc) is 3.19. The van der Waals surface area contributed by atoms with Crippen molar-refractivity contribution in [2.24, 2.45) is 17.8 Å². The number of nitrogens with zero attached hydrogens (tertiary/aromatic N) is 1. The maximum Gasteiger partial charge on any atom is 0.308 e. The SMILES string of the molecule is Cc1c(F)cccc1C(=O)N1C[C@H](C(=O)O)[C@@H](C2CC2)C1. The third-order valence-corrected chi connectivity index (χ3v) is 4.70. The molecular formula is C16H18FNO3. The standard InChI is InChI=1S/C16H18FNO3/c1-9-11(3-2-4-14(9)17)15(19)18-7-12(10-5-6-10)13(8-18)16(20)21/h2-4,10,12-13H,5-8H2,1H3,(H,20,21)/t12-,13+/m1/s1.